The van der Waals surface area contributed by atoms with Crippen molar-refractivity contribution in [3.05, 3.63) is 32.9 Å². The molecule has 0 bridgehead atoms. The Kier molecular flexibility index (Phi) is 2.90. The minimum atomic E-state index is -1.07. The van der Waals surface area contributed by atoms with Crippen LogP contribution in [0.25, 0.3) is 0 Å². The van der Waals surface area contributed by atoms with E-state index < -0.39 is 17.5 Å². The van der Waals surface area contributed by atoms with Crippen molar-refractivity contribution in [1.82, 2.24) is 5.32 Å². The highest BCUT2D eigenvalue weighted by molar-refractivity contribution is 14.1. The van der Waals surface area contributed by atoms with Gasteiger partial charge in [0, 0.05) is 6.04 Å². The molecule has 1 fully saturated rings. The van der Waals surface area contributed by atoms with Crippen LogP contribution in [-0.4, -0.2) is 11.9 Å². The summed E-state index contributed by atoms with van der Waals surface area (Å²) in [6.45, 7) is 0. The maximum Gasteiger partial charge on any atom is 0.254 e. The van der Waals surface area contributed by atoms with Crippen molar-refractivity contribution in [3.8, 4) is 0 Å². The van der Waals surface area contributed by atoms with Crippen molar-refractivity contribution in [1.29, 1.82) is 0 Å². The third-order valence-electron chi connectivity index (χ3n) is 2.19. The second-order valence-electron chi connectivity index (χ2n) is 3.47. The molecule has 1 aliphatic carbocycles. The summed E-state index contributed by atoms with van der Waals surface area (Å²) in [5.74, 6) is -2.57. The standard InChI is InChI=1S/C10H8F2INO/c11-8-6(3-4-7(13)9(8)12)10(15)14-5-1-2-5/h3-5H,1-2H2,(H,14,15). The molecule has 1 aromatic rings. The monoisotopic (exact) mass is 323 g/mol. The Morgan fingerprint density at radius 3 is 2.60 bits per heavy atom. The second kappa shape index (κ2) is 4.03. The van der Waals surface area contributed by atoms with E-state index >= 15 is 0 Å². The molecule has 0 heterocycles. The van der Waals surface area contributed by atoms with Gasteiger partial charge in [-0.05, 0) is 47.6 Å². The molecule has 1 saturated carbocycles. The first-order valence-electron chi connectivity index (χ1n) is 4.54. The summed E-state index contributed by atoms with van der Waals surface area (Å²) in [6.07, 6.45) is 1.83. The minimum Gasteiger partial charge on any atom is -0.349 e. The van der Waals surface area contributed by atoms with Crippen molar-refractivity contribution in [2.24, 2.45) is 0 Å². The molecule has 1 N–H and O–H groups in total. The van der Waals surface area contributed by atoms with E-state index in [1.54, 1.807) is 22.6 Å². The highest BCUT2D eigenvalue weighted by Crippen LogP contribution is 2.21. The quantitative estimate of drug-likeness (QED) is 0.657. The smallest absolute Gasteiger partial charge is 0.254 e. The van der Waals surface area contributed by atoms with Crippen molar-refractivity contribution >= 4 is 28.5 Å². The van der Waals surface area contributed by atoms with Crippen LogP contribution < -0.4 is 5.32 Å². The van der Waals surface area contributed by atoms with Crippen molar-refractivity contribution < 1.29 is 13.6 Å². The topological polar surface area (TPSA) is 29.1 Å². The van der Waals surface area contributed by atoms with Gasteiger partial charge in [-0.1, -0.05) is 0 Å². The lowest BCUT2D eigenvalue weighted by molar-refractivity contribution is 0.0946. The van der Waals surface area contributed by atoms with E-state index in [2.05, 4.69) is 5.32 Å². The fourth-order valence-electron chi connectivity index (χ4n) is 1.19. The van der Waals surface area contributed by atoms with Gasteiger partial charge in [-0.2, -0.15) is 0 Å². The zero-order valence-electron chi connectivity index (χ0n) is 7.69. The summed E-state index contributed by atoms with van der Waals surface area (Å²) in [7, 11) is 0. The largest absolute Gasteiger partial charge is 0.349 e. The first kappa shape index (κ1) is 10.8. The maximum absolute atomic E-state index is 13.3. The molecule has 80 valence electrons. The number of carbonyl (C=O) groups is 1. The van der Waals surface area contributed by atoms with Crippen LogP contribution in [0.1, 0.15) is 23.2 Å². The Labute approximate surface area is 99.2 Å². The van der Waals surface area contributed by atoms with Crippen LogP contribution in [0.5, 0.6) is 0 Å². The molecule has 0 saturated heterocycles. The molecular weight excluding hydrogens is 315 g/mol. The van der Waals surface area contributed by atoms with Crippen LogP contribution in [0.2, 0.25) is 0 Å². The predicted molar refractivity (Wildman–Crippen MR) is 59.6 cm³/mol. The van der Waals surface area contributed by atoms with E-state index in [1.165, 1.54) is 12.1 Å². The molecule has 15 heavy (non-hydrogen) atoms. The number of nitrogens with one attached hydrogen (secondary N) is 1. The molecule has 0 unspecified atom stereocenters. The molecule has 0 aromatic heterocycles. The van der Waals surface area contributed by atoms with Crippen LogP contribution in [0.4, 0.5) is 8.78 Å². The van der Waals surface area contributed by atoms with Crippen LogP contribution in [0.3, 0.4) is 0 Å². The zero-order valence-corrected chi connectivity index (χ0v) is 9.85. The van der Waals surface area contributed by atoms with Crippen LogP contribution >= 0.6 is 22.6 Å². The van der Waals surface area contributed by atoms with Gasteiger partial charge >= 0.3 is 0 Å². The predicted octanol–water partition coefficient (Wildman–Crippen LogP) is 2.46. The molecule has 0 atom stereocenters. The van der Waals surface area contributed by atoms with Gasteiger partial charge in [-0.15, -0.1) is 0 Å². The molecule has 0 radical (unpaired) electrons. The van der Waals surface area contributed by atoms with Gasteiger partial charge in [-0.25, -0.2) is 8.78 Å². The summed E-state index contributed by atoms with van der Waals surface area (Å²) in [4.78, 5) is 11.5. The van der Waals surface area contributed by atoms with E-state index in [1.807, 2.05) is 0 Å². The number of halogens is 3. The van der Waals surface area contributed by atoms with E-state index in [0.29, 0.717) is 0 Å². The summed E-state index contributed by atoms with van der Waals surface area (Å²) in [5.41, 5.74) is -0.222. The molecule has 0 spiro atoms. The Morgan fingerprint density at radius 1 is 1.33 bits per heavy atom. The number of hydrogen-bond acceptors (Lipinski definition) is 1. The number of amides is 1. The maximum atomic E-state index is 13.3. The van der Waals surface area contributed by atoms with Gasteiger partial charge < -0.3 is 5.32 Å². The fraction of sp³-hybridized carbons (Fsp3) is 0.300. The van der Waals surface area contributed by atoms with Gasteiger partial charge in [0.15, 0.2) is 11.6 Å². The number of benzene rings is 1. The number of carbonyl (C=O) groups excluding carboxylic acids is 1. The molecular formula is C10H8F2INO. The third-order valence-corrected chi connectivity index (χ3v) is 3.03. The summed E-state index contributed by atoms with van der Waals surface area (Å²) < 4.78 is 26.7. The van der Waals surface area contributed by atoms with Gasteiger partial charge in [-0.3, -0.25) is 4.79 Å². The highest BCUT2D eigenvalue weighted by atomic mass is 127. The van der Waals surface area contributed by atoms with Gasteiger partial charge in [0.05, 0.1) is 9.13 Å². The van der Waals surface area contributed by atoms with Crippen molar-refractivity contribution in [2.75, 3.05) is 0 Å². The molecule has 1 aliphatic rings. The lowest BCUT2D eigenvalue weighted by Gasteiger charge is -2.05. The first-order chi connectivity index (χ1) is 7.09. The summed E-state index contributed by atoms with van der Waals surface area (Å²) in [5, 5.41) is 2.61. The average molecular weight is 323 g/mol. The van der Waals surface area contributed by atoms with E-state index in [0.717, 1.165) is 12.8 Å². The summed E-state index contributed by atoms with van der Waals surface area (Å²) in [6, 6.07) is 2.83. The average Bonchev–Trinajstić information content (AvgIpc) is 2.98. The van der Waals surface area contributed by atoms with Crippen molar-refractivity contribution in [3.63, 3.8) is 0 Å². The van der Waals surface area contributed by atoms with E-state index in [-0.39, 0.29) is 15.2 Å². The Balaban J connectivity index is 2.26. The van der Waals surface area contributed by atoms with Crippen LogP contribution in [-0.2, 0) is 0 Å². The molecule has 1 aromatic carbocycles. The normalized spacial score (nSPS) is 15.1. The Bertz CT molecular complexity index is 418. The van der Waals surface area contributed by atoms with E-state index in [9.17, 15) is 13.6 Å². The molecule has 1 amide bonds. The lowest BCUT2D eigenvalue weighted by atomic mass is 10.2. The van der Waals surface area contributed by atoms with Gasteiger partial charge in [0.25, 0.3) is 5.91 Å². The molecule has 2 nitrogen and oxygen atoms in total. The Hall–Kier alpha value is -0.720. The molecule has 5 heteroatoms. The van der Waals surface area contributed by atoms with Gasteiger partial charge in [0.2, 0.25) is 0 Å². The lowest BCUT2D eigenvalue weighted by Crippen LogP contribution is -2.26. The van der Waals surface area contributed by atoms with Crippen LogP contribution in [0, 0.1) is 15.2 Å². The Morgan fingerprint density at radius 2 is 2.00 bits per heavy atom. The highest BCUT2D eigenvalue weighted by Gasteiger charge is 2.26. The molecule has 0 aliphatic heterocycles. The zero-order chi connectivity index (χ0) is 11.0. The van der Waals surface area contributed by atoms with Crippen molar-refractivity contribution in [2.45, 2.75) is 18.9 Å². The second-order valence-corrected chi connectivity index (χ2v) is 4.63. The van der Waals surface area contributed by atoms with Crippen LogP contribution in [0.15, 0.2) is 12.1 Å². The number of hydrogen-bond donors (Lipinski definition) is 1. The molecule has 2 rings (SSSR count). The minimum absolute atomic E-state index is 0.138. The SMILES string of the molecule is O=C(NC1CC1)c1ccc(I)c(F)c1F. The first-order valence-corrected chi connectivity index (χ1v) is 5.62. The van der Waals surface area contributed by atoms with Gasteiger partial charge in [0.1, 0.15) is 0 Å². The third kappa shape index (κ3) is 2.27. The number of rotatable bonds is 2. The fourth-order valence-corrected chi connectivity index (χ4v) is 1.61. The van der Waals surface area contributed by atoms with E-state index in [4.69, 9.17) is 0 Å². The summed E-state index contributed by atoms with van der Waals surface area (Å²) >= 11 is 1.68.